The van der Waals surface area contributed by atoms with Crippen molar-refractivity contribution in [2.45, 2.75) is 13.0 Å². The van der Waals surface area contributed by atoms with Crippen LogP contribution in [-0.4, -0.2) is 15.0 Å². The summed E-state index contributed by atoms with van der Waals surface area (Å²) in [6.07, 6.45) is 0.617. The minimum Gasteiger partial charge on any atom is -0.382 e. The van der Waals surface area contributed by atoms with Crippen LogP contribution in [0, 0.1) is 17.0 Å². The number of rotatable bonds is 3. The van der Waals surface area contributed by atoms with Crippen LogP contribution in [0.1, 0.15) is 22.9 Å². The maximum absolute atomic E-state index is 10.8. The largest absolute Gasteiger partial charge is 0.382 e. The van der Waals surface area contributed by atoms with Crippen LogP contribution in [-0.2, 0) is 0 Å². The summed E-state index contributed by atoms with van der Waals surface area (Å²) in [5.74, 6) is 0. The Morgan fingerprint density at radius 3 is 2.72 bits per heavy atom. The molecule has 0 saturated carbocycles. The van der Waals surface area contributed by atoms with E-state index in [2.05, 4.69) is 4.98 Å². The van der Waals surface area contributed by atoms with E-state index >= 15 is 0 Å². The van der Waals surface area contributed by atoms with Gasteiger partial charge >= 0.3 is 0 Å². The highest BCUT2D eigenvalue weighted by atomic mass is 16.6. The number of pyridine rings is 1. The number of nitro groups is 1. The lowest BCUT2D eigenvalue weighted by atomic mass is 10.0. The highest BCUT2D eigenvalue weighted by Gasteiger charge is 2.17. The van der Waals surface area contributed by atoms with Crippen molar-refractivity contribution in [1.29, 1.82) is 0 Å². The van der Waals surface area contributed by atoms with Gasteiger partial charge in [-0.15, -0.1) is 0 Å². The van der Waals surface area contributed by atoms with E-state index in [9.17, 15) is 15.2 Å². The minimum atomic E-state index is -0.953. The average Bonchev–Trinajstić information content (AvgIpc) is 2.39. The highest BCUT2D eigenvalue weighted by Crippen LogP contribution is 2.26. The van der Waals surface area contributed by atoms with E-state index < -0.39 is 11.0 Å². The normalized spacial score (nSPS) is 12.1. The molecule has 0 aliphatic rings. The van der Waals surface area contributed by atoms with Crippen LogP contribution in [0.25, 0.3) is 0 Å². The van der Waals surface area contributed by atoms with Gasteiger partial charge in [0.2, 0.25) is 0 Å². The van der Waals surface area contributed by atoms with Gasteiger partial charge in [0.15, 0.2) is 0 Å². The van der Waals surface area contributed by atoms with Crippen molar-refractivity contribution in [1.82, 2.24) is 4.98 Å². The first kappa shape index (κ1) is 12.2. The Labute approximate surface area is 104 Å². The smallest absolute Gasteiger partial charge is 0.272 e. The summed E-state index contributed by atoms with van der Waals surface area (Å²) in [6, 6.07) is 9.86. The molecule has 0 amide bonds. The predicted octanol–water partition coefficient (Wildman–Crippen LogP) is 2.38. The first-order chi connectivity index (χ1) is 8.59. The molecule has 5 heteroatoms. The number of hydrogen-bond acceptors (Lipinski definition) is 4. The molecule has 0 saturated heterocycles. The standard InChI is InChI=1S/C13H12N2O3/c1-9-5-6-10(8-12(9)15(17)18)13(16)11-4-2-3-7-14-11/h2-8,13,16H,1H3. The number of aliphatic hydroxyl groups is 1. The molecule has 0 aliphatic heterocycles. The summed E-state index contributed by atoms with van der Waals surface area (Å²) in [6.45, 7) is 1.66. The molecule has 1 heterocycles. The highest BCUT2D eigenvalue weighted by molar-refractivity contribution is 5.44. The number of aromatic nitrogens is 1. The number of benzene rings is 1. The fraction of sp³-hybridized carbons (Fsp3) is 0.154. The Morgan fingerprint density at radius 1 is 1.33 bits per heavy atom. The maximum Gasteiger partial charge on any atom is 0.272 e. The Kier molecular flexibility index (Phi) is 3.34. The van der Waals surface area contributed by atoms with Gasteiger partial charge < -0.3 is 5.11 Å². The van der Waals surface area contributed by atoms with Crippen molar-refractivity contribution >= 4 is 5.69 Å². The predicted molar refractivity (Wildman–Crippen MR) is 66.1 cm³/mol. The van der Waals surface area contributed by atoms with Crippen molar-refractivity contribution in [2.75, 3.05) is 0 Å². The summed E-state index contributed by atoms with van der Waals surface area (Å²) in [4.78, 5) is 14.4. The number of hydrogen-bond donors (Lipinski definition) is 1. The third-order valence-corrected chi connectivity index (χ3v) is 2.71. The van der Waals surface area contributed by atoms with Crippen molar-refractivity contribution < 1.29 is 10.0 Å². The van der Waals surface area contributed by atoms with E-state index in [4.69, 9.17) is 0 Å². The monoisotopic (exact) mass is 244 g/mol. The summed E-state index contributed by atoms with van der Waals surface area (Å²) in [5, 5.41) is 20.9. The van der Waals surface area contributed by atoms with Gasteiger partial charge in [0.05, 0.1) is 10.6 Å². The molecule has 5 nitrogen and oxygen atoms in total. The molecule has 1 atom stereocenters. The summed E-state index contributed by atoms with van der Waals surface area (Å²) in [5.41, 5.74) is 1.50. The first-order valence-electron chi connectivity index (χ1n) is 5.43. The quantitative estimate of drug-likeness (QED) is 0.664. The van der Waals surface area contributed by atoms with E-state index in [0.717, 1.165) is 0 Å². The lowest BCUT2D eigenvalue weighted by Crippen LogP contribution is -2.03. The van der Waals surface area contributed by atoms with Crippen LogP contribution < -0.4 is 0 Å². The summed E-state index contributed by atoms with van der Waals surface area (Å²) in [7, 11) is 0. The third kappa shape index (κ3) is 2.36. The van der Waals surface area contributed by atoms with E-state index in [0.29, 0.717) is 16.8 Å². The maximum atomic E-state index is 10.8. The van der Waals surface area contributed by atoms with E-state index in [1.807, 2.05) is 0 Å². The number of nitro benzene ring substituents is 1. The molecule has 1 unspecified atom stereocenters. The Hall–Kier alpha value is -2.27. The van der Waals surface area contributed by atoms with Crippen LogP contribution in [0.2, 0.25) is 0 Å². The van der Waals surface area contributed by atoms with E-state index in [-0.39, 0.29) is 5.69 Å². The van der Waals surface area contributed by atoms with Crippen LogP contribution >= 0.6 is 0 Å². The molecule has 0 radical (unpaired) electrons. The van der Waals surface area contributed by atoms with Gasteiger partial charge in [0.25, 0.3) is 5.69 Å². The molecule has 1 aromatic carbocycles. The van der Waals surface area contributed by atoms with Crippen LogP contribution in [0.3, 0.4) is 0 Å². The second-order valence-corrected chi connectivity index (χ2v) is 3.96. The molecule has 2 aromatic rings. The van der Waals surface area contributed by atoms with Crippen molar-refractivity contribution in [2.24, 2.45) is 0 Å². The fourth-order valence-corrected chi connectivity index (χ4v) is 1.70. The van der Waals surface area contributed by atoms with Gasteiger partial charge in [0, 0.05) is 17.8 Å². The SMILES string of the molecule is Cc1ccc(C(O)c2ccccn2)cc1[N+](=O)[O-]. The molecular weight excluding hydrogens is 232 g/mol. The van der Waals surface area contributed by atoms with E-state index in [1.165, 1.54) is 6.07 Å². The zero-order chi connectivity index (χ0) is 13.1. The van der Waals surface area contributed by atoms with Crippen LogP contribution in [0.15, 0.2) is 42.6 Å². The zero-order valence-electron chi connectivity index (χ0n) is 9.78. The van der Waals surface area contributed by atoms with Gasteiger partial charge in [-0.3, -0.25) is 15.1 Å². The molecule has 0 aliphatic carbocycles. The lowest BCUT2D eigenvalue weighted by molar-refractivity contribution is -0.385. The van der Waals surface area contributed by atoms with Gasteiger partial charge in [-0.2, -0.15) is 0 Å². The van der Waals surface area contributed by atoms with Gasteiger partial charge in [0.1, 0.15) is 6.10 Å². The lowest BCUT2D eigenvalue weighted by Gasteiger charge is -2.10. The number of aryl methyl sites for hydroxylation is 1. The Bertz CT molecular complexity index is 570. The summed E-state index contributed by atoms with van der Waals surface area (Å²) >= 11 is 0. The van der Waals surface area contributed by atoms with Crippen molar-refractivity contribution in [3.63, 3.8) is 0 Å². The first-order valence-corrected chi connectivity index (χ1v) is 5.43. The molecule has 0 fully saturated rings. The second-order valence-electron chi connectivity index (χ2n) is 3.96. The third-order valence-electron chi connectivity index (χ3n) is 2.71. The average molecular weight is 244 g/mol. The molecule has 1 N–H and O–H groups in total. The minimum absolute atomic E-state index is 0.00230. The van der Waals surface area contributed by atoms with Crippen molar-refractivity contribution in [3.05, 3.63) is 69.5 Å². The van der Waals surface area contributed by atoms with Gasteiger partial charge in [-0.1, -0.05) is 18.2 Å². The molecule has 0 spiro atoms. The van der Waals surface area contributed by atoms with Crippen molar-refractivity contribution in [3.8, 4) is 0 Å². The van der Waals surface area contributed by atoms with E-state index in [1.54, 1.807) is 43.5 Å². The van der Waals surface area contributed by atoms with Crippen LogP contribution in [0.5, 0.6) is 0 Å². The second kappa shape index (κ2) is 4.93. The summed E-state index contributed by atoms with van der Waals surface area (Å²) < 4.78 is 0. The van der Waals surface area contributed by atoms with Gasteiger partial charge in [-0.25, -0.2) is 0 Å². The Balaban J connectivity index is 2.40. The molecular formula is C13H12N2O3. The molecule has 18 heavy (non-hydrogen) atoms. The van der Waals surface area contributed by atoms with Gasteiger partial charge in [-0.05, 0) is 24.6 Å². The molecule has 1 aromatic heterocycles. The zero-order valence-corrected chi connectivity index (χ0v) is 9.78. The number of aliphatic hydroxyl groups excluding tert-OH is 1. The van der Waals surface area contributed by atoms with Crippen LogP contribution in [0.4, 0.5) is 5.69 Å². The number of nitrogens with zero attached hydrogens (tertiary/aromatic N) is 2. The topological polar surface area (TPSA) is 76.3 Å². The molecule has 92 valence electrons. The fourth-order valence-electron chi connectivity index (χ4n) is 1.70. The molecule has 0 bridgehead atoms. The Morgan fingerprint density at radius 2 is 2.11 bits per heavy atom. The molecule has 2 rings (SSSR count).